The number of benzene rings is 3. The molecule has 4 aromatic rings. The van der Waals surface area contributed by atoms with Gasteiger partial charge in [0.05, 0.1) is 0 Å². The predicted molar refractivity (Wildman–Crippen MR) is 104 cm³/mol. The van der Waals surface area contributed by atoms with Gasteiger partial charge in [0.2, 0.25) is 0 Å². The van der Waals surface area contributed by atoms with Crippen LogP contribution in [0.4, 0.5) is 10.2 Å². The molecule has 0 unspecified atom stereocenters. The van der Waals surface area contributed by atoms with E-state index in [9.17, 15) is 4.39 Å². The van der Waals surface area contributed by atoms with Crippen molar-refractivity contribution in [3.8, 4) is 11.1 Å². The zero-order valence-electron chi connectivity index (χ0n) is 14.2. The average Bonchev–Trinajstić information content (AvgIpc) is 2.70. The fraction of sp³-hybridized carbons (Fsp3) is 0.0909. The lowest BCUT2D eigenvalue weighted by atomic mass is 10.0. The van der Waals surface area contributed by atoms with Gasteiger partial charge in [-0.1, -0.05) is 60.7 Å². The van der Waals surface area contributed by atoms with E-state index in [1.807, 2.05) is 24.3 Å². The summed E-state index contributed by atoms with van der Waals surface area (Å²) >= 11 is 0. The van der Waals surface area contributed by atoms with Crippen molar-refractivity contribution in [3.05, 3.63) is 90.5 Å². The molecule has 0 saturated heterocycles. The van der Waals surface area contributed by atoms with E-state index in [1.54, 1.807) is 6.07 Å². The van der Waals surface area contributed by atoms with Crippen molar-refractivity contribution in [3.63, 3.8) is 0 Å². The maximum Gasteiger partial charge on any atom is 0.149 e. The summed E-state index contributed by atoms with van der Waals surface area (Å²) in [6, 6.07) is 23.8. The highest BCUT2D eigenvalue weighted by Gasteiger charge is 2.06. The Balaban J connectivity index is 1.43. The van der Waals surface area contributed by atoms with Crippen LogP contribution >= 0.6 is 0 Å². The predicted octanol–water partition coefficient (Wildman–Crippen LogP) is 5.09. The summed E-state index contributed by atoms with van der Waals surface area (Å²) in [5, 5.41) is 3.99. The Kier molecular flexibility index (Phi) is 4.56. The molecule has 26 heavy (non-hydrogen) atoms. The number of hydrogen-bond donors (Lipinski definition) is 1. The molecule has 1 heterocycles. The van der Waals surface area contributed by atoms with E-state index in [1.165, 1.54) is 29.1 Å². The third-order valence-corrected chi connectivity index (χ3v) is 4.38. The Labute approximate surface area is 151 Å². The quantitative estimate of drug-likeness (QED) is 0.548. The molecule has 1 aromatic heterocycles. The van der Waals surface area contributed by atoms with Crippen LogP contribution in [0.2, 0.25) is 0 Å². The summed E-state index contributed by atoms with van der Waals surface area (Å²) in [5.74, 6) is 0.333. The van der Waals surface area contributed by atoms with Crippen molar-refractivity contribution in [1.29, 1.82) is 0 Å². The molecule has 0 amide bonds. The molecule has 0 radical (unpaired) electrons. The number of aromatic nitrogens is 2. The zero-order valence-corrected chi connectivity index (χ0v) is 14.2. The Hall–Kier alpha value is -3.27. The van der Waals surface area contributed by atoms with Gasteiger partial charge in [0.15, 0.2) is 0 Å². The van der Waals surface area contributed by atoms with E-state index < -0.39 is 0 Å². The van der Waals surface area contributed by atoms with Gasteiger partial charge in [0.1, 0.15) is 23.5 Å². The highest BCUT2D eigenvalue weighted by atomic mass is 19.1. The maximum atomic E-state index is 13.8. The lowest BCUT2D eigenvalue weighted by molar-refractivity contribution is 0.636. The van der Waals surface area contributed by atoms with E-state index >= 15 is 0 Å². The van der Waals surface area contributed by atoms with Crippen LogP contribution < -0.4 is 5.32 Å². The Morgan fingerprint density at radius 1 is 0.769 bits per heavy atom. The minimum atomic E-state index is -0.329. The number of para-hydroxylation sites is 1. The van der Waals surface area contributed by atoms with Crippen molar-refractivity contribution in [1.82, 2.24) is 9.97 Å². The van der Waals surface area contributed by atoms with E-state index in [0.717, 1.165) is 6.42 Å². The average molecular weight is 343 g/mol. The van der Waals surface area contributed by atoms with Crippen molar-refractivity contribution in [2.45, 2.75) is 6.42 Å². The molecule has 0 spiro atoms. The number of halogens is 1. The molecule has 0 fully saturated rings. The zero-order chi connectivity index (χ0) is 17.8. The second kappa shape index (κ2) is 7.31. The molecule has 3 nitrogen and oxygen atoms in total. The van der Waals surface area contributed by atoms with Gasteiger partial charge in [-0.3, -0.25) is 0 Å². The third kappa shape index (κ3) is 3.40. The number of nitrogens with zero attached hydrogens (tertiary/aromatic N) is 2. The van der Waals surface area contributed by atoms with Crippen LogP contribution in [0, 0.1) is 5.82 Å². The SMILES string of the molecule is Fc1cccc2c(NCCc3ccc(-c4ccccc4)cc3)ncnc12. The van der Waals surface area contributed by atoms with Crippen LogP contribution in [0.25, 0.3) is 22.0 Å². The fourth-order valence-corrected chi connectivity index (χ4v) is 3.01. The van der Waals surface area contributed by atoms with Gasteiger partial charge >= 0.3 is 0 Å². The van der Waals surface area contributed by atoms with Crippen LogP contribution in [0.3, 0.4) is 0 Å². The number of nitrogens with one attached hydrogen (secondary N) is 1. The summed E-state index contributed by atoms with van der Waals surface area (Å²) in [7, 11) is 0. The third-order valence-electron chi connectivity index (χ3n) is 4.38. The minimum Gasteiger partial charge on any atom is -0.369 e. The largest absolute Gasteiger partial charge is 0.369 e. The number of fused-ring (bicyclic) bond motifs is 1. The fourth-order valence-electron chi connectivity index (χ4n) is 3.01. The highest BCUT2D eigenvalue weighted by molar-refractivity contribution is 5.89. The molecule has 0 aliphatic carbocycles. The smallest absolute Gasteiger partial charge is 0.149 e. The van der Waals surface area contributed by atoms with Gasteiger partial charge < -0.3 is 5.32 Å². The minimum absolute atomic E-state index is 0.329. The Morgan fingerprint density at radius 3 is 2.35 bits per heavy atom. The number of rotatable bonds is 5. The van der Waals surface area contributed by atoms with Crippen LogP contribution in [0.15, 0.2) is 79.1 Å². The van der Waals surface area contributed by atoms with Gasteiger partial charge in [-0.15, -0.1) is 0 Å². The molecular weight excluding hydrogens is 325 g/mol. The standard InChI is InChI=1S/C22H18FN3/c23-20-8-4-7-19-21(20)25-15-26-22(19)24-14-13-16-9-11-18(12-10-16)17-5-2-1-3-6-17/h1-12,15H,13-14H2,(H,24,25,26). The highest BCUT2D eigenvalue weighted by Crippen LogP contribution is 2.22. The first kappa shape index (κ1) is 16.2. The molecule has 0 atom stereocenters. The second-order valence-electron chi connectivity index (χ2n) is 6.10. The normalized spacial score (nSPS) is 10.8. The summed E-state index contributed by atoms with van der Waals surface area (Å²) < 4.78 is 13.8. The van der Waals surface area contributed by atoms with Gasteiger partial charge in [-0.25, -0.2) is 14.4 Å². The van der Waals surface area contributed by atoms with Crippen LogP contribution in [0.1, 0.15) is 5.56 Å². The van der Waals surface area contributed by atoms with Gasteiger partial charge in [0.25, 0.3) is 0 Å². The summed E-state index contributed by atoms with van der Waals surface area (Å²) in [5.41, 5.74) is 4.00. The number of hydrogen-bond acceptors (Lipinski definition) is 3. The lowest BCUT2D eigenvalue weighted by Gasteiger charge is -2.09. The second-order valence-corrected chi connectivity index (χ2v) is 6.10. The number of anilines is 1. The first-order valence-electron chi connectivity index (χ1n) is 8.59. The van der Waals surface area contributed by atoms with Crippen molar-refractivity contribution in [2.75, 3.05) is 11.9 Å². The molecule has 0 aliphatic heterocycles. The van der Waals surface area contributed by atoms with Gasteiger partial charge in [0, 0.05) is 11.9 Å². The molecule has 0 bridgehead atoms. The molecule has 4 heteroatoms. The molecule has 3 aromatic carbocycles. The molecule has 0 saturated carbocycles. The van der Waals surface area contributed by atoms with Gasteiger partial charge in [-0.05, 0) is 35.2 Å². The molecular formula is C22H18FN3. The van der Waals surface area contributed by atoms with Crippen LogP contribution in [-0.4, -0.2) is 16.5 Å². The van der Waals surface area contributed by atoms with E-state index in [4.69, 9.17) is 0 Å². The van der Waals surface area contributed by atoms with E-state index in [0.29, 0.717) is 23.3 Å². The van der Waals surface area contributed by atoms with Crippen molar-refractivity contribution in [2.24, 2.45) is 0 Å². The summed E-state index contributed by atoms with van der Waals surface area (Å²) in [6.07, 6.45) is 2.25. The first-order valence-corrected chi connectivity index (χ1v) is 8.59. The van der Waals surface area contributed by atoms with E-state index in [-0.39, 0.29) is 5.82 Å². The van der Waals surface area contributed by atoms with Crippen LogP contribution in [0.5, 0.6) is 0 Å². The van der Waals surface area contributed by atoms with Crippen molar-refractivity contribution < 1.29 is 4.39 Å². The maximum absolute atomic E-state index is 13.8. The van der Waals surface area contributed by atoms with E-state index in [2.05, 4.69) is 51.7 Å². The van der Waals surface area contributed by atoms with Crippen molar-refractivity contribution >= 4 is 16.7 Å². The molecule has 4 rings (SSSR count). The van der Waals surface area contributed by atoms with Gasteiger partial charge in [-0.2, -0.15) is 0 Å². The summed E-state index contributed by atoms with van der Waals surface area (Å²) in [6.45, 7) is 0.716. The van der Waals surface area contributed by atoms with Crippen LogP contribution in [-0.2, 0) is 6.42 Å². The first-order chi connectivity index (χ1) is 12.8. The Morgan fingerprint density at radius 2 is 1.54 bits per heavy atom. The molecule has 128 valence electrons. The Bertz CT molecular complexity index is 1010. The summed E-state index contributed by atoms with van der Waals surface area (Å²) in [4.78, 5) is 8.26. The molecule has 0 aliphatic rings. The lowest BCUT2D eigenvalue weighted by Crippen LogP contribution is -2.07. The molecule has 1 N–H and O–H groups in total. The monoisotopic (exact) mass is 343 g/mol. The topological polar surface area (TPSA) is 37.8 Å².